The Kier molecular flexibility index (Phi) is 4.57. The molecule has 1 atom stereocenters. The van der Waals surface area contributed by atoms with Crippen molar-refractivity contribution in [1.82, 2.24) is 9.80 Å². The van der Waals surface area contributed by atoms with Crippen LogP contribution in [-0.4, -0.2) is 49.6 Å². The van der Waals surface area contributed by atoms with E-state index in [4.69, 9.17) is 0 Å². The average Bonchev–Trinajstić information content (AvgIpc) is 2.41. The zero-order valence-electron chi connectivity index (χ0n) is 12.2. The van der Waals surface area contributed by atoms with Crippen molar-refractivity contribution in [1.29, 1.82) is 5.26 Å². The number of hydrogen-bond donors (Lipinski definition) is 0. The van der Waals surface area contributed by atoms with E-state index in [0.717, 1.165) is 32.7 Å². The molecule has 102 valence electrons. The normalized spacial score (nSPS) is 19.1. The third-order valence-electron chi connectivity index (χ3n) is 4.00. The van der Waals surface area contributed by atoms with E-state index in [-0.39, 0.29) is 5.92 Å². The molecule has 0 aromatic heterocycles. The van der Waals surface area contributed by atoms with Crippen molar-refractivity contribution in [3.05, 3.63) is 34.9 Å². The molecule has 0 amide bonds. The molecule has 0 spiro atoms. The number of nitrogens with zero attached hydrogens (tertiary/aromatic N) is 3. The van der Waals surface area contributed by atoms with Gasteiger partial charge >= 0.3 is 0 Å². The lowest BCUT2D eigenvalue weighted by Crippen LogP contribution is -2.45. The molecule has 1 fully saturated rings. The molecule has 0 aliphatic carbocycles. The van der Waals surface area contributed by atoms with Gasteiger partial charge in [-0.15, -0.1) is 0 Å². The van der Waals surface area contributed by atoms with Crippen LogP contribution in [0.25, 0.3) is 0 Å². The van der Waals surface area contributed by atoms with E-state index >= 15 is 0 Å². The maximum Gasteiger partial charge on any atom is 0.0842 e. The molecule has 19 heavy (non-hydrogen) atoms. The van der Waals surface area contributed by atoms with Gasteiger partial charge in [0.1, 0.15) is 0 Å². The molecule has 1 unspecified atom stereocenters. The van der Waals surface area contributed by atoms with Gasteiger partial charge in [0.05, 0.1) is 12.0 Å². The fraction of sp³-hybridized carbons (Fsp3) is 0.562. The van der Waals surface area contributed by atoms with E-state index in [2.05, 4.69) is 55.0 Å². The zero-order valence-corrected chi connectivity index (χ0v) is 12.2. The first-order valence-electron chi connectivity index (χ1n) is 6.98. The highest BCUT2D eigenvalue weighted by Crippen LogP contribution is 2.22. The fourth-order valence-corrected chi connectivity index (χ4v) is 2.63. The molecule has 0 radical (unpaired) electrons. The summed E-state index contributed by atoms with van der Waals surface area (Å²) in [5.41, 5.74) is 3.66. The molecule has 1 aliphatic heterocycles. The molecule has 0 bridgehead atoms. The second kappa shape index (κ2) is 6.18. The van der Waals surface area contributed by atoms with Gasteiger partial charge in [-0.25, -0.2) is 0 Å². The first-order valence-corrected chi connectivity index (χ1v) is 6.98. The first-order chi connectivity index (χ1) is 9.10. The minimum Gasteiger partial charge on any atom is -0.304 e. The van der Waals surface area contributed by atoms with Crippen LogP contribution in [0.2, 0.25) is 0 Å². The Morgan fingerprint density at radius 2 is 1.89 bits per heavy atom. The predicted octanol–water partition coefficient (Wildman–Crippen LogP) is 2.16. The third kappa shape index (κ3) is 3.56. The van der Waals surface area contributed by atoms with Crippen LogP contribution in [0.15, 0.2) is 18.2 Å². The maximum absolute atomic E-state index is 9.49. The van der Waals surface area contributed by atoms with Crippen LogP contribution in [0.4, 0.5) is 0 Å². The van der Waals surface area contributed by atoms with E-state index in [9.17, 15) is 5.26 Å². The summed E-state index contributed by atoms with van der Waals surface area (Å²) in [5.74, 6) is -0.0108. The summed E-state index contributed by atoms with van der Waals surface area (Å²) in [6.45, 7) is 9.39. The maximum atomic E-state index is 9.49. The van der Waals surface area contributed by atoms with E-state index in [1.165, 1.54) is 16.7 Å². The molecule has 1 aromatic rings. The molecular weight excluding hydrogens is 234 g/mol. The molecule has 0 N–H and O–H groups in total. The summed E-state index contributed by atoms with van der Waals surface area (Å²) in [4.78, 5) is 4.76. The van der Waals surface area contributed by atoms with E-state index in [0.29, 0.717) is 0 Å². The van der Waals surface area contributed by atoms with Gasteiger partial charge in [-0.3, -0.25) is 4.90 Å². The van der Waals surface area contributed by atoms with Crippen molar-refractivity contribution in [3.63, 3.8) is 0 Å². The number of rotatable bonds is 3. The number of nitriles is 1. The van der Waals surface area contributed by atoms with Crippen LogP contribution in [0, 0.1) is 25.2 Å². The Hall–Kier alpha value is -1.37. The van der Waals surface area contributed by atoms with Gasteiger partial charge in [0, 0.05) is 32.7 Å². The SMILES string of the molecule is Cc1ccc(C)c(C(C#N)CN2CCN(C)CC2)c1. The number of benzene rings is 1. The molecule has 1 saturated heterocycles. The summed E-state index contributed by atoms with van der Waals surface area (Å²) in [6, 6.07) is 8.89. The second-order valence-corrected chi connectivity index (χ2v) is 5.65. The van der Waals surface area contributed by atoms with Gasteiger partial charge in [0.2, 0.25) is 0 Å². The largest absolute Gasteiger partial charge is 0.304 e. The molecule has 2 rings (SSSR count). The lowest BCUT2D eigenvalue weighted by Gasteiger charge is -2.33. The van der Waals surface area contributed by atoms with Gasteiger partial charge in [0.15, 0.2) is 0 Å². The summed E-state index contributed by atoms with van der Waals surface area (Å²) in [6.07, 6.45) is 0. The zero-order chi connectivity index (χ0) is 13.8. The highest BCUT2D eigenvalue weighted by molar-refractivity contribution is 5.36. The van der Waals surface area contributed by atoms with Crippen molar-refractivity contribution < 1.29 is 0 Å². The van der Waals surface area contributed by atoms with Crippen LogP contribution in [0.3, 0.4) is 0 Å². The van der Waals surface area contributed by atoms with Crippen LogP contribution in [0.1, 0.15) is 22.6 Å². The van der Waals surface area contributed by atoms with Crippen molar-refractivity contribution in [3.8, 4) is 6.07 Å². The van der Waals surface area contributed by atoms with Gasteiger partial charge in [0.25, 0.3) is 0 Å². The van der Waals surface area contributed by atoms with Gasteiger partial charge in [-0.1, -0.05) is 23.8 Å². The summed E-state index contributed by atoms with van der Waals surface area (Å²) < 4.78 is 0. The molecule has 1 aliphatic rings. The molecular formula is C16H23N3. The Morgan fingerprint density at radius 3 is 2.53 bits per heavy atom. The Labute approximate surface area is 116 Å². The van der Waals surface area contributed by atoms with Gasteiger partial charge in [-0.2, -0.15) is 5.26 Å². The van der Waals surface area contributed by atoms with Gasteiger partial charge in [-0.05, 0) is 32.0 Å². The quantitative estimate of drug-likeness (QED) is 0.831. The molecule has 1 aromatic carbocycles. The number of hydrogen-bond acceptors (Lipinski definition) is 3. The van der Waals surface area contributed by atoms with Crippen LogP contribution in [0.5, 0.6) is 0 Å². The van der Waals surface area contributed by atoms with Crippen LogP contribution < -0.4 is 0 Å². The molecule has 3 heteroatoms. The second-order valence-electron chi connectivity index (χ2n) is 5.65. The van der Waals surface area contributed by atoms with Crippen LogP contribution in [-0.2, 0) is 0 Å². The van der Waals surface area contributed by atoms with Crippen molar-refractivity contribution in [2.24, 2.45) is 0 Å². The number of aryl methyl sites for hydroxylation is 2. The van der Waals surface area contributed by atoms with Crippen LogP contribution >= 0.6 is 0 Å². The highest BCUT2D eigenvalue weighted by atomic mass is 15.2. The molecule has 1 heterocycles. The van der Waals surface area contributed by atoms with Crippen molar-refractivity contribution >= 4 is 0 Å². The van der Waals surface area contributed by atoms with Crippen molar-refractivity contribution in [2.75, 3.05) is 39.8 Å². The first kappa shape index (κ1) is 14.0. The topological polar surface area (TPSA) is 30.3 Å². The minimum atomic E-state index is -0.0108. The van der Waals surface area contributed by atoms with E-state index < -0.39 is 0 Å². The Bertz CT molecular complexity index is 467. The fourth-order valence-electron chi connectivity index (χ4n) is 2.63. The van der Waals surface area contributed by atoms with E-state index in [1.54, 1.807) is 0 Å². The lowest BCUT2D eigenvalue weighted by molar-refractivity contribution is 0.152. The summed E-state index contributed by atoms with van der Waals surface area (Å²) in [7, 11) is 2.16. The number of piperazine rings is 1. The minimum absolute atomic E-state index is 0.0108. The monoisotopic (exact) mass is 257 g/mol. The average molecular weight is 257 g/mol. The predicted molar refractivity (Wildman–Crippen MR) is 78.2 cm³/mol. The molecule has 0 saturated carbocycles. The standard InChI is InChI=1S/C16H23N3/c1-13-4-5-14(2)16(10-13)15(11-17)12-19-8-6-18(3)7-9-19/h4-5,10,15H,6-9,12H2,1-3H3. The highest BCUT2D eigenvalue weighted by Gasteiger charge is 2.20. The Morgan fingerprint density at radius 1 is 1.21 bits per heavy atom. The third-order valence-corrected chi connectivity index (χ3v) is 4.00. The lowest BCUT2D eigenvalue weighted by atomic mass is 9.93. The van der Waals surface area contributed by atoms with Gasteiger partial charge < -0.3 is 4.90 Å². The Balaban J connectivity index is 2.08. The summed E-state index contributed by atoms with van der Waals surface area (Å²) >= 11 is 0. The molecule has 3 nitrogen and oxygen atoms in total. The smallest absolute Gasteiger partial charge is 0.0842 e. The van der Waals surface area contributed by atoms with E-state index in [1.807, 2.05) is 0 Å². The summed E-state index contributed by atoms with van der Waals surface area (Å²) in [5, 5.41) is 9.49. The van der Waals surface area contributed by atoms with Crippen molar-refractivity contribution in [2.45, 2.75) is 19.8 Å². The number of likely N-dealkylation sites (N-methyl/N-ethyl adjacent to an activating group) is 1.